The molecule has 0 saturated heterocycles. The number of thiophene rings is 1. The van der Waals surface area contributed by atoms with E-state index in [0.717, 1.165) is 44.3 Å². The maximum Gasteiger partial charge on any atom is 0.164 e. The molecule has 0 aliphatic carbocycles. The Morgan fingerprint density at radius 2 is 0.948 bits per heavy atom. The van der Waals surface area contributed by atoms with E-state index in [0.29, 0.717) is 17.5 Å². The second-order valence-corrected chi connectivity index (χ2v) is 15.9. The van der Waals surface area contributed by atoms with Crippen LogP contribution in [0.1, 0.15) is 0 Å². The molecule has 9 aromatic carbocycles. The summed E-state index contributed by atoms with van der Waals surface area (Å²) >= 11 is 1.80. The van der Waals surface area contributed by atoms with Gasteiger partial charge in [0.05, 0.1) is 16.7 Å². The highest BCUT2D eigenvalue weighted by molar-refractivity contribution is 7.25. The second-order valence-electron chi connectivity index (χ2n) is 14.8. The quantitative estimate of drug-likeness (QED) is 0.176. The van der Waals surface area contributed by atoms with Crippen molar-refractivity contribution >= 4 is 74.9 Å². The van der Waals surface area contributed by atoms with E-state index in [4.69, 9.17) is 15.0 Å². The highest BCUT2D eigenvalue weighted by Gasteiger charge is 2.20. The van der Waals surface area contributed by atoms with Gasteiger partial charge < -0.3 is 4.57 Å². The Balaban J connectivity index is 1.13. The Bertz CT molecular complexity index is 3570. The van der Waals surface area contributed by atoms with E-state index in [-0.39, 0.29) is 0 Å². The molecule has 0 aliphatic heterocycles. The predicted octanol–water partition coefficient (Wildman–Crippen LogP) is 14.3. The number of nitrogens with zero attached hydrogens (tertiary/aromatic N) is 4. The van der Waals surface area contributed by atoms with E-state index in [1.165, 1.54) is 52.8 Å². The molecule has 3 aromatic heterocycles. The number of para-hydroxylation sites is 1. The van der Waals surface area contributed by atoms with Crippen molar-refractivity contribution < 1.29 is 0 Å². The lowest BCUT2D eigenvalue weighted by Gasteiger charge is -2.16. The van der Waals surface area contributed by atoms with E-state index < -0.39 is 0 Å². The van der Waals surface area contributed by atoms with Crippen molar-refractivity contribution in [1.82, 2.24) is 19.5 Å². The highest BCUT2D eigenvalue weighted by Crippen LogP contribution is 2.41. The molecule has 12 rings (SSSR count). The average Bonchev–Trinajstić information content (AvgIpc) is 3.83. The Labute approximate surface area is 338 Å². The molecule has 270 valence electrons. The van der Waals surface area contributed by atoms with Crippen molar-refractivity contribution in [3.63, 3.8) is 0 Å². The Kier molecular flexibility index (Phi) is 7.37. The molecule has 0 bridgehead atoms. The van der Waals surface area contributed by atoms with Gasteiger partial charge in [-0.05, 0) is 75.8 Å². The second kappa shape index (κ2) is 13.1. The topological polar surface area (TPSA) is 43.6 Å². The lowest BCUT2D eigenvalue weighted by molar-refractivity contribution is 1.08. The molecule has 0 radical (unpaired) electrons. The van der Waals surface area contributed by atoms with Crippen LogP contribution in [0.2, 0.25) is 0 Å². The molecule has 5 heteroatoms. The first-order valence-electron chi connectivity index (χ1n) is 19.5. The predicted molar refractivity (Wildman–Crippen MR) is 244 cm³/mol. The normalized spacial score (nSPS) is 11.8. The monoisotopic (exact) mass is 756 g/mol. The van der Waals surface area contributed by atoms with Crippen molar-refractivity contribution in [3.05, 3.63) is 194 Å². The van der Waals surface area contributed by atoms with Crippen LogP contribution in [0, 0.1) is 0 Å². The molecule has 0 N–H and O–H groups in total. The summed E-state index contributed by atoms with van der Waals surface area (Å²) in [5, 5.41) is 9.61. The van der Waals surface area contributed by atoms with Gasteiger partial charge in [-0.25, -0.2) is 15.0 Å². The van der Waals surface area contributed by atoms with E-state index in [1.54, 1.807) is 11.3 Å². The van der Waals surface area contributed by atoms with E-state index in [1.807, 2.05) is 18.2 Å². The molecule has 12 aromatic rings. The minimum atomic E-state index is 0.635. The highest BCUT2D eigenvalue weighted by atomic mass is 32.1. The van der Waals surface area contributed by atoms with Crippen molar-refractivity contribution in [3.8, 4) is 51.0 Å². The summed E-state index contributed by atoms with van der Waals surface area (Å²) in [4.78, 5) is 15.7. The van der Waals surface area contributed by atoms with Gasteiger partial charge in [-0.3, -0.25) is 0 Å². The molecule has 0 atom stereocenters. The Morgan fingerprint density at radius 3 is 1.78 bits per heavy atom. The molecule has 0 unspecified atom stereocenters. The van der Waals surface area contributed by atoms with Gasteiger partial charge in [0, 0.05) is 53.0 Å². The lowest BCUT2D eigenvalue weighted by Crippen LogP contribution is -2.02. The van der Waals surface area contributed by atoms with Gasteiger partial charge in [-0.15, -0.1) is 11.3 Å². The van der Waals surface area contributed by atoms with Crippen LogP contribution < -0.4 is 0 Å². The van der Waals surface area contributed by atoms with Crippen LogP contribution in [-0.2, 0) is 0 Å². The first kappa shape index (κ1) is 32.7. The molecule has 0 saturated carbocycles. The smallest absolute Gasteiger partial charge is 0.164 e. The van der Waals surface area contributed by atoms with Crippen LogP contribution in [0.5, 0.6) is 0 Å². The van der Waals surface area contributed by atoms with E-state index in [2.05, 4.69) is 180 Å². The molecule has 4 nitrogen and oxygen atoms in total. The number of aromatic nitrogens is 4. The van der Waals surface area contributed by atoms with Crippen molar-refractivity contribution in [1.29, 1.82) is 0 Å². The van der Waals surface area contributed by atoms with Gasteiger partial charge in [0.25, 0.3) is 0 Å². The molecule has 0 amide bonds. The maximum atomic E-state index is 5.31. The molecule has 3 heterocycles. The van der Waals surface area contributed by atoms with E-state index in [9.17, 15) is 0 Å². The third-order valence-corrected chi connectivity index (χ3v) is 12.6. The van der Waals surface area contributed by atoms with Crippen molar-refractivity contribution in [2.24, 2.45) is 0 Å². The summed E-state index contributed by atoms with van der Waals surface area (Å²) in [5.74, 6) is 1.92. The van der Waals surface area contributed by atoms with Crippen molar-refractivity contribution in [2.75, 3.05) is 0 Å². The summed E-state index contributed by atoms with van der Waals surface area (Å²) in [6.07, 6.45) is 0. The van der Waals surface area contributed by atoms with Gasteiger partial charge in [-0.2, -0.15) is 0 Å². The third kappa shape index (κ3) is 5.25. The maximum absolute atomic E-state index is 5.31. The molecule has 0 aliphatic rings. The molecule has 0 spiro atoms. The van der Waals surface area contributed by atoms with Gasteiger partial charge in [0.2, 0.25) is 0 Å². The number of hydrogen-bond donors (Lipinski definition) is 0. The largest absolute Gasteiger partial charge is 0.309 e. The summed E-state index contributed by atoms with van der Waals surface area (Å²) in [6.45, 7) is 0. The number of hydrogen-bond acceptors (Lipinski definition) is 4. The zero-order chi connectivity index (χ0) is 38.2. The number of fused-ring (bicyclic) bond motifs is 8. The van der Waals surface area contributed by atoms with Crippen LogP contribution in [0.3, 0.4) is 0 Å². The standard InChI is InChI=1S/C53H32N4S/c1-3-13-33(14-4-1)37-23-25-40-44(29-37)43(27-28-47(40)57-46-21-11-9-19-39(46)45-30-35-17-7-8-18-36(35)31-48(45)57)53-55-51(34-15-5-2-6-16-34)54-52(56-53)38-24-26-42-41-20-10-12-22-49(41)58-50(42)32-38/h1-32H. The summed E-state index contributed by atoms with van der Waals surface area (Å²) in [5.41, 5.74) is 8.58. The minimum absolute atomic E-state index is 0.635. The first-order chi connectivity index (χ1) is 28.7. The zero-order valence-corrected chi connectivity index (χ0v) is 32.0. The SMILES string of the molecule is c1ccc(-c2ccc3c(-n4c5ccccc5c5cc6ccccc6cc54)ccc(-c4nc(-c5ccccc5)nc(-c5ccc6c(c5)sc5ccccc56)n4)c3c2)cc1. The Morgan fingerprint density at radius 1 is 0.328 bits per heavy atom. The fraction of sp³-hybridized carbons (Fsp3) is 0. The minimum Gasteiger partial charge on any atom is -0.309 e. The molecular formula is C53H32N4S. The third-order valence-electron chi connectivity index (χ3n) is 11.4. The number of benzene rings is 9. The van der Waals surface area contributed by atoms with Crippen LogP contribution in [0.15, 0.2) is 194 Å². The lowest BCUT2D eigenvalue weighted by atomic mass is 9.96. The Hall–Kier alpha value is -7.47. The average molecular weight is 757 g/mol. The van der Waals surface area contributed by atoms with Gasteiger partial charge in [-0.1, -0.05) is 146 Å². The van der Waals surface area contributed by atoms with Crippen molar-refractivity contribution in [2.45, 2.75) is 0 Å². The van der Waals surface area contributed by atoms with Crippen LogP contribution in [0.4, 0.5) is 0 Å². The molecule has 58 heavy (non-hydrogen) atoms. The molecular weight excluding hydrogens is 725 g/mol. The van der Waals surface area contributed by atoms with Crippen LogP contribution >= 0.6 is 11.3 Å². The molecule has 0 fully saturated rings. The van der Waals surface area contributed by atoms with Gasteiger partial charge in [0.15, 0.2) is 17.5 Å². The van der Waals surface area contributed by atoms with E-state index >= 15 is 0 Å². The fourth-order valence-corrected chi connectivity index (χ4v) is 9.80. The summed E-state index contributed by atoms with van der Waals surface area (Å²) in [6, 6.07) is 69.3. The zero-order valence-electron chi connectivity index (χ0n) is 31.2. The summed E-state index contributed by atoms with van der Waals surface area (Å²) < 4.78 is 4.91. The fourth-order valence-electron chi connectivity index (χ4n) is 8.65. The van der Waals surface area contributed by atoms with Crippen LogP contribution in [-0.4, -0.2) is 19.5 Å². The van der Waals surface area contributed by atoms with Crippen LogP contribution in [0.25, 0.3) is 115 Å². The first-order valence-corrected chi connectivity index (χ1v) is 20.3. The number of rotatable bonds is 5. The summed E-state index contributed by atoms with van der Waals surface area (Å²) in [7, 11) is 0. The van der Waals surface area contributed by atoms with Gasteiger partial charge in [0.1, 0.15) is 0 Å². The van der Waals surface area contributed by atoms with Gasteiger partial charge >= 0.3 is 0 Å².